The number of allylic oxidation sites excluding steroid dienone is 8. The fourth-order valence-corrected chi connectivity index (χ4v) is 3.13. The molecule has 3 heterocycles. The molecule has 0 spiro atoms. The maximum absolute atomic E-state index is 8.41. The van der Waals surface area contributed by atoms with Gasteiger partial charge in [0.2, 0.25) is 0 Å². The third kappa shape index (κ3) is 23.6. The Balaban J connectivity index is -0.000000515. The van der Waals surface area contributed by atoms with Crippen LogP contribution < -0.4 is 5.73 Å². The summed E-state index contributed by atoms with van der Waals surface area (Å²) in [6.07, 6.45) is 23.8. The fraction of sp³-hybridized carbons (Fsp3) is 0.455. The number of rotatable bonds is 7. The Bertz CT molecular complexity index is 938. The number of hydrogen-bond acceptors (Lipinski definition) is 5. The van der Waals surface area contributed by atoms with E-state index in [4.69, 9.17) is 5.11 Å². The molecule has 0 aromatic carbocycles. The quantitative estimate of drug-likeness (QED) is 0.272. The van der Waals surface area contributed by atoms with Crippen LogP contribution in [0.4, 0.5) is 0 Å². The summed E-state index contributed by atoms with van der Waals surface area (Å²) in [6, 6.07) is 4.12. The first-order valence-corrected chi connectivity index (χ1v) is 14.0. The molecule has 3 rings (SSSR count). The van der Waals surface area contributed by atoms with Gasteiger partial charge in [0.05, 0.1) is 23.2 Å². The van der Waals surface area contributed by atoms with Gasteiger partial charge >= 0.3 is 0 Å². The van der Waals surface area contributed by atoms with E-state index in [0.717, 1.165) is 24.1 Å². The molecule has 6 heteroatoms. The van der Waals surface area contributed by atoms with Crippen molar-refractivity contribution in [2.24, 2.45) is 5.73 Å². The SMILES string of the molecule is C(=C/c1ccc2cncnn12)/CCN1CCCC1.C/C=C\C(C)=C/C.C=CC=C.CC.CC/C=C(\C)O.CN. The molecule has 220 valence electrons. The number of aromatic nitrogens is 3. The molecule has 0 amide bonds. The predicted octanol–water partition coefficient (Wildman–Crippen LogP) is 8.57. The van der Waals surface area contributed by atoms with E-state index in [1.165, 1.54) is 45.1 Å². The standard InChI is InChI=1S/C14H18N4.C7H12.C5H10O.C4H6.C2H6.CH5N/c1(2-8-17-9-3-4-10-17)5-13-6-7-14-11-15-12-16-18(13)14;1-4-6-7(3)5-2;1-3-4-5(2)6;1-3-4-2;2*1-2/h1,5-7,11-12H,2-4,8-10H2;4-6H,1-3H3;4,6H,3H2,1-2H3;3-4H,1-2H2;1-2H3;2H2,1H3/b5-1-;6-4-,7-5-;5-4+;;;. The van der Waals surface area contributed by atoms with Gasteiger partial charge in [-0.15, -0.1) is 0 Å². The first-order chi connectivity index (χ1) is 18.9. The molecular weight excluding hydrogens is 482 g/mol. The lowest BCUT2D eigenvalue weighted by molar-refractivity contribution is 0.346. The molecule has 39 heavy (non-hydrogen) atoms. The van der Waals surface area contributed by atoms with Crippen molar-refractivity contribution < 1.29 is 5.11 Å². The van der Waals surface area contributed by atoms with Crippen LogP contribution in [0.25, 0.3) is 11.6 Å². The van der Waals surface area contributed by atoms with E-state index >= 15 is 0 Å². The van der Waals surface area contributed by atoms with Crippen LogP contribution in [0.2, 0.25) is 0 Å². The molecule has 2 aromatic heterocycles. The van der Waals surface area contributed by atoms with Crippen molar-refractivity contribution in [2.45, 2.75) is 74.1 Å². The molecule has 3 N–H and O–H groups in total. The lowest BCUT2D eigenvalue weighted by Crippen LogP contribution is -2.19. The average molecular weight is 540 g/mol. The Hall–Kier alpha value is -3.22. The van der Waals surface area contributed by atoms with Gasteiger partial charge in [-0.3, -0.25) is 0 Å². The summed E-state index contributed by atoms with van der Waals surface area (Å²) in [5, 5.41) is 12.7. The zero-order valence-electron chi connectivity index (χ0n) is 26.1. The van der Waals surface area contributed by atoms with Crippen LogP contribution in [0.15, 0.2) is 91.7 Å². The zero-order valence-corrected chi connectivity index (χ0v) is 26.1. The molecule has 6 nitrogen and oxygen atoms in total. The minimum atomic E-state index is 0.414. The Labute approximate surface area is 240 Å². The Morgan fingerprint density at radius 1 is 1.08 bits per heavy atom. The van der Waals surface area contributed by atoms with Gasteiger partial charge in [0.1, 0.15) is 6.33 Å². The third-order valence-electron chi connectivity index (χ3n) is 5.00. The van der Waals surface area contributed by atoms with Gasteiger partial charge in [-0.25, -0.2) is 9.50 Å². The molecule has 1 aliphatic rings. The van der Waals surface area contributed by atoms with Crippen LogP contribution in [0, 0.1) is 0 Å². The minimum Gasteiger partial charge on any atom is -0.513 e. The molecule has 0 saturated carbocycles. The minimum absolute atomic E-state index is 0.414. The smallest absolute Gasteiger partial charge is 0.136 e. The molecule has 0 aliphatic carbocycles. The van der Waals surface area contributed by atoms with Gasteiger partial charge in [0.25, 0.3) is 0 Å². The van der Waals surface area contributed by atoms with Gasteiger partial charge < -0.3 is 15.7 Å². The number of aliphatic hydroxyl groups is 1. The van der Waals surface area contributed by atoms with Crippen LogP contribution in [-0.2, 0) is 0 Å². The monoisotopic (exact) mass is 539 g/mol. The summed E-state index contributed by atoms with van der Waals surface area (Å²) in [6.45, 7) is 24.2. The number of likely N-dealkylation sites (tertiary alicyclic amines) is 1. The van der Waals surface area contributed by atoms with E-state index in [2.05, 4.69) is 71.2 Å². The molecule has 2 aromatic rings. The topological polar surface area (TPSA) is 79.7 Å². The molecule has 0 bridgehead atoms. The van der Waals surface area contributed by atoms with Crippen LogP contribution in [0.5, 0.6) is 0 Å². The fourth-order valence-electron chi connectivity index (χ4n) is 3.13. The molecule has 1 aliphatic heterocycles. The Kier molecular flexibility index (Phi) is 32.0. The molecule has 0 atom stereocenters. The highest BCUT2D eigenvalue weighted by Crippen LogP contribution is 2.10. The van der Waals surface area contributed by atoms with Crippen molar-refractivity contribution >= 4 is 11.6 Å². The van der Waals surface area contributed by atoms with Crippen LogP contribution >= 0.6 is 0 Å². The summed E-state index contributed by atoms with van der Waals surface area (Å²) in [5.74, 6) is 0.414. The highest BCUT2D eigenvalue weighted by atomic mass is 16.3. The summed E-state index contributed by atoms with van der Waals surface area (Å²) >= 11 is 0. The van der Waals surface area contributed by atoms with Gasteiger partial charge in [-0.2, -0.15) is 5.10 Å². The van der Waals surface area contributed by atoms with Crippen molar-refractivity contribution in [1.82, 2.24) is 19.5 Å². The molecule has 1 saturated heterocycles. The van der Waals surface area contributed by atoms with Crippen molar-refractivity contribution in [2.75, 3.05) is 26.7 Å². The molecule has 1 fully saturated rings. The van der Waals surface area contributed by atoms with Gasteiger partial charge in [-0.1, -0.05) is 76.0 Å². The van der Waals surface area contributed by atoms with Crippen LogP contribution in [0.3, 0.4) is 0 Å². The number of aliphatic hydroxyl groups excluding tert-OH is 1. The van der Waals surface area contributed by atoms with Crippen molar-refractivity contribution in [3.63, 3.8) is 0 Å². The second kappa shape index (κ2) is 31.0. The normalized spacial score (nSPS) is 12.9. The summed E-state index contributed by atoms with van der Waals surface area (Å²) in [5.41, 5.74) is 7.98. The van der Waals surface area contributed by atoms with E-state index in [1.807, 2.05) is 57.5 Å². The maximum atomic E-state index is 8.41. The van der Waals surface area contributed by atoms with E-state index in [1.54, 1.807) is 31.5 Å². The lowest BCUT2D eigenvalue weighted by atomic mass is 10.3. The Morgan fingerprint density at radius 3 is 2.13 bits per heavy atom. The van der Waals surface area contributed by atoms with Crippen LogP contribution in [0.1, 0.15) is 79.8 Å². The summed E-state index contributed by atoms with van der Waals surface area (Å²) in [7, 11) is 1.50. The molecular formula is C33H57N5O. The lowest BCUT2D eigenvalue weighted by Gasteiger charge is -2.11. The third-order valence-corrected chi connectivity index (χ3v) is 5.00. The number of fused-ring (bicyclic) bond motifs is 1. The van der Waals surface area contributed by atoms with Crippen molar-refractivity contribution in [1.29, 1.82) is 0 Å². The number of nitrogens with two attached hydrogens (primary N) is 1. The predicted molar refractivity (Wildman–Crippen MR) is 175 cm³/mol. The zero-order chi connectivity index (χ0) is 30.3. The van der Waals surface area contributed by atoms with E-state index in [9.17, 15) is 0 Å². The van der Waals surface area contributed by atoms with Gasteiger partial charge in [0.15, 0.2) is 0 Å². The van der Waals surface area contributed by atoms with E-state index in [-0.39, 0.29) is 0 Å². The van der Waals surface area contributed by atoms with Gasteiger partial charge in [0, 0.05) is 6.54 Å². The first kappa shape index (κ1) is 40.3. The summed E-state index contributed by atoms with van der Waals surface area (Å²) < 4.78 is 1.92. The highest BCUT2D eigenvalue weighted by molar-refractivity contribution is 5.55. The largest absolute Gasteiger partial charge is 0.513 e. The Morgan fingerprint density at radius 2 is 1.69 bits per heavy atom. The van der Waals surface area contributed by atoms with Crippen molar-refractivity contribution in [3.05, 3.63) is 97.4 Å². The molecule has 0 radical (unpaired) electrons. The highest BCUT2D eigenvalue weighted by Gasteiger charge is 2.09. The van der Waals surface area contributed by atoms with E-state index in [0.29, 0.717) is 5.76 Å². The summed E-state index contributed by atoms with van der Waals surface area (Å²) in [4.78, 5) is 6.54. The van der Waals surface area contributed by atoms with E-state index < -0.39 is 0 Å². The first-order valence-electron chi connectivity index (χ1n) is 14.0. The second-order valence-electron chi connectivity index (χ2n) is 8.00. The molecule has 0 unspecified atom stereocenters. The number of hydrogen-bond donors (Lipinski definition) is 2. The second-order valence-corrected chi connectivity index (χ2v) is 8.00. The van der Waals surface area contributed by atoms with Crippen LogP contribution in [-0.4, -0.2) is 51.3 Å². The maximum Gasteiger partial charge on any atom is 0.136 e. The average Bonchev–Trinajstić information content (AvgIpc) is 3.64. The van der Waals surface area contributed by atoms with Crippen molar-refractivity contribution in [3.8, 4) is 0 Å². The van der Waals surface area contributed by atoms with Gasteiger partial charge in [-0.05, 0) is 97.8 Å². The number of nitrogens with zero attached hydrogens (tertiary/aromatic N) is 4.